The number of amides is 2. The van der Waals surface area contributed by atoms with Crippen molar-refractivity contribution in [3.8, 4) is 0 Å². The number of sulfonamides is 1. The zero-order chi connectivity index (χ0) is 25.2. The van der Waals surface area contributed by atoms with E-state index in [-0.39, 0.29) is 11.7 Å². The van der Waals surface area contributed by atoms with Gasteiger partial charge in [0.2, 0.25) is 10.0 Å². The van der Waals surface area contributed by atoms with E-state index in [0.29, 0.717) is 56.8 Å². The molecule has 0 saturated carbocycles. The van der Waals surface area contributed by atoms with Crippen molar-refractivity contribution in [1.82, 2.24) is 0 Å². The molecule has 0 atom stereocenters. The molecule has 2 amide bonds. The third kappa shape index (κ3) is 5.78. The molecule has 1 saturated heterocycles. The van der Waals surface area contributed by atoms with Gasteiger partial charge < -0.3 is 10.6 Å². The smallest absolute Gasteiger partial charge is 0.255 e. The fourth-order valence-electron chi connectivity index (χ4n) is 3.86. The molecule has 0 bridgehead atoms. The Morgan fingerprint density at radius 2 is 1.71 bits per heavy atom. The third-order valence-electron chi connectivity index (χ3n) is 5.65. The van der Waals surface area contributed by atoms with E-state index in [0.717, 1.165) is 6.42 Å². The topological polar surface area (TPSA) is 95.6 Å². The Balaban J connectivity index is 1.50. The summed E-state index contributed by atoms with van der Waals surface area (Å²) in [7, 11) is -3.34. The largest absolute Gasteiger partial charge is 0.322 e. The van der Waals surface area contributed by atoms with Crippen LogP contribution in [0.3, 0.4) is 0 Å². The summed E-state index contributed by atoms with van der Waals surface area (Å²) in [6.45, 7) is 2.19. The molecule has 4 rings (SSSR count). The number of benzene rings is 3. The lowest BCUT2D eigenvalue weighted by Crippen LogP contribution is -2.37. The van der Waals surface area contributed by atoms with E-state index in [9.17, 15) is 18.0 Å². The Labute approximate surface area is 214 Å². The van der Waals surface area contributed by atoms with Crippen LogP contribution in [-0.4, -0.2) is 32.5 Å². The van der Waals surface area contributed by atoms with E-state index in [1.165, 1.54) is 10.4 Å². The lowest BCUT2D eigenvalue weighted by molar-refractivity contribution is 0.101. The first kappa shape index (κ1) is 25.0. The van der Waals surface area contributed by atoms with Crippen molar-refractivity contribution in [2.24, 2.45) is 0 Å². The second-order valence-corrected chi connectivity index (χ2v) is 11.1. The van der Waals surface area contributed by atoms with Crippen LogP contribution >= 0.6 is 23.2 Å². The predicted octanol–water partition coefficient (Wildman–Crippen LogP) is 5.74. The Hall–Kier alpha value is -3.07. The monoisotopic (exact) mass is 531 g/mol. The number of aryl methyl sites for hydroxylation is 1. The number of nitrogens with zero attached hydrogens (tertiary/aromatic N) is 1. The molecule has 0 unspecified atom stereocenters. The average molecular weight is 532 g/mol. The molecule has 0 aliphatic carbocycles. The van der Waals surface area contributed by atoms with Gasteiger partial charge in [0.15, 0.2) is 0 Å². The molecule has 1 heterocycles. The van der Waals surface area contributed by atoms with Gasteiger partial charge in [0.05, 0.1) is 22.2 Å². The van der Waals surface area contributed by atoms with E-state index in [1.807, 2.05) is 0 Å². The van der Waals surface area contributed by atoms with Crippen LogP contribution in [0.25, 0.3) is 0 Å². The minimum atomic E-state index is -3.34. The molecule has 7 nitrogen and oxygen atoms in total. The van der Waals surface area contributed by atoms with Gasteiger partial charge in [-0.15, -0.1) is 0 Å². The van der Waals surface area contributed by atoms with E-state index in [4.69, 9.17) is 23.2 Å². The Morgan fingerprint density at radius 3 is 2.43 bits per heavy atom. The minimum absolute atomic E-state index is 0.126. The Bertz CT molecular complexity index is 1410. The van der Waals surface area contributed by atoms with Crippen molar-refractivity contribution >= 4 is 62.1 Å². The summed E-state index contributed by atoms with van der Waals surface area (Å²) in [6, 6.07) is 16.2. The van der Waals surface area contributed by atoms with Crippen LogP contribution in [0.2, 0.25) is 10.0 Å². The number of anilines is 3. The van der Waals surface area contributed by atoms with Crippen molar-refractivity contribution in [3.05, 3.63) is 87.4 Å². The quantitative estimate of drug-likeness (QED) is 0.438. The van der Waals surface area contributed by atoms with Crippen molar-refractivity contribution in [1.29, 1.82) is 0 Å². The summed E-state index contributed by atoms with van der Waals surface area (Å²) in [6.07, 6.45) is 1.45. The Morgan fingerprint density at radius 1 is 0.914 bits per heavy atom. The molecular formula is C25H23Cl2N3O4S. The summed E-state index contributed by atoms with van der Waals surface area (Å²) in [5, 5.41) is 6.27. The SMILES string of the molecule is Cc1cc(N2CCCCS2(=O)=O)ccc1C(=O)Nc1ccc(Cl)c(NC(=O)c2cccc(Cl)c2)c1. The second kappa shape index (κ2) is 10.3. The molecule has 0 spiro atoms. The highest BCUT2D eigenvalue weighted by molar-refractivity contribution is 7.92. The second-order valence-electron chi connectivity index (χ2n) is 8.21. The standard InChI is InChI=1S/C25H23Cl2N3O4S/c1-16-13-20(30-11-2-3-12-35(30,33)34)8-9-21(16)25(32)28-19-7-10-22(27)23(15-19)29-24(31)17-5-4-6-18(26)14-17/h4-10,13-15H,2-3,11-12H2,1H3,(H,28,32)(H,29,31). The van der Waals surface area contributed by atoms with E-state index < -0.39 is 15.9 Å². The van der Waals surface area contributed by atoms with Gasteiger partial charge in [0.25, 0.3) is 11.8 Å². The lowest BCUT2D eigenvalue weighted by Gasteiger charge is -2.28. The maximum atomic E-state index is 12.9. The minimum Gasteiger partial charge on any atom is -0.322 e. The molecule has 182 valence electrons. The van der Waals surface area contributed by atoms with Crippen molar-refractivity contribution in [2.75, 3.05) is 27.2 Å². The summed E-state index contributed by atoms with van der Waals surface area (Å²) in [5.74, 6) is -0.636. The predicted molar refractivity (Wildman–Crippen MR) is 140 cm³/mol. The third-order valence-corrected chi connectivity index (χ3v) is 8.09. The van der Waals surface area contributed by atoms with Crippen LogP contribution < -0.4 is 14.9 Å². The van der Waals surface area contributed by atoms with Crippen LogP contribution in [0.1, 0.15) is 39.1 Å². The zero-order valence-corrected chi connectivity index (χ0v) is 21.2. The van der Waals surface area contributed by atoms with Gasteiger partial charge in [-0.05, 0) is 79.9 Å². The highest BCUT2D eigenvalue weighted by Crippen LogP contribution is 2.28. The number of rotatable bonds is 5. The normalized spacial score (nSPS) is 14.9. The van der Waals surface area contributed by atoms with Gasteiger partial charge in [-0.1, -0.05) is 29.3 Å². The van der Waals surface area contributed by atoms with Crippen LogP contribution in [-0.2, 0) is 10.0 Å². The number of carbonyl (C=O) groups is 2. The van der Waals surface area contributed by atoms with Crippen LogP contribution in [0.4, 0.5) is 17.1 Å². The molecule has 2 N–H and O–H groups in total. The molecule has 3 aromatic carbocycles. The first-order chi connectivity index (χ1) is 16.6. The summed E-state index contributed by atoms with van der Waals surface area (Å²) >= 11 is 12.2. The first-order valence-corrected chi connectivity index (χ1v) is 13.3. The van der Waals surface area contributed by atoms with Gasteiger partial charge in [0, 0.05) is 28.4 Å². The summed E-state index contributed by atoms with van der Waals surface area (Å²) in [5.41, 5.74) is 2.73. The number of halogens is 2. The summed E-state index contributed by atoms with van der Waals surface area (Å²) in [4.78, 5) is 25.5. The van der Waals surface area contributed by atoms with Gasteiger partial charge in [-0.25, -0.2) is 8.42 Å². The zero-order valence-electron chi connectivity index (χ0n) is 18.8. The number of carbonyl (C=O) groups excluding carboxylic acids is 2. The van der Waals surface area contributed by atoms with E-state index in [1.54, 1.807) is 61.5 Å². The van der Waals surface area contributed by atoms with Crippen LogP contribution in [0.15, 0.2) is 60.7 Å². The number of hydrogen-bond donors (Lipinski definition) is 2. The maximum absolute atomic E-state index is 12.9. The van der Waals surface area contributed by atoms with Crippen LogP contribution in [0.5, 0.6) is 0 Å². The number of nitrogens with one attached hydrogen (secondary N) is 2. The maximum Gasteiger partial charge on any atom is 0.255 e. The average Bonchev–Trinajstić information content (AvgIpc) is 2.80. The highest BCUT2D eigenvalue weighted by Gasteiger charge is 2.26. The van der Waals surface area contributed by atoms with Gasteiger partial charge in [0.1, 0.15) is 0 Å². The van der Waals surface area contributed by atoms with Crippen molar-refractivity contribution in [2.45, 2.75) is 19.8 Å². The van der Waals surface area contributed by atoms with Crippen molar-refractivity contribution < 1.29 is 18.0 Å². The molecule has 0 aromatic heterocycles. The molecule has 10 heteroatoms. The molecule has 1 fully saturated rings. The molecule has 1 aliphatic rings. The summed E-state index contributed by atoms with van der Waals surface area (Å²) < 4.78 is 26.2. The Kier molecular flexibility index (Phi) is 7.35. The van der Waals surface area contributed by atoms with Gasteiger partial charge >= 0.3 is 0 Å². The molecule has 1 aliphatic heterocycles. The first-order valence-electron chi connectivity index (χ1n) is 10.9. The lowest BCUT2D eigenvalue weighted by atomic mass is 10.1. The van der Waals surface area contributed by atoms with Crippen molar-refractivity contribution in [3.63, 3.8) is 0 Å². The highest BCUT2D eigenvalue weighted by atomic mass is 35.5. The van der Waals surface area contributed by atoms with Gasteiger partial charge in [-0.3, -0.25) is 13.9 Å². The van der Waals surface area contributed by atoms with Crippen LogP contribution in [0, 0.1) is 6.92 Å². The van der Waals surface area contributed by atoms with Gasteiger partial charge in [-0.2, -0.15) is 0 Å². The fourth-order valence-corrected chi connectivity index (χ4v) is 5.84. The van der Waals surface area contributed by atoms with E-state index in [2.05, 4.69) is 10.6 Å². The molecular weight excluding hydrogens is 509 g/mol. The fraction of sp³-hybridized carbons (Fsp3) is 0.200. The number of hydrogen-bond acceptors (Lipinski definition) is 4. The van der Waals surface area contributed by atoms with E-state index >= 15 is 0 Å². The molecule has 3 aromatic rings. The molecule has 35 heavy (non-hydrogen) atoms. The molecule has 0 radical (unpaired) electrons.